The lowest BCUT2D eigenvalue weighted by atomic mass is 9.80. The molecule has 1 saturated heterocycles. The average Bonchev–Trinajstić information content (AvgIpc) is 3.06. The average molecular weight is 365 g/mol. The van der Waals surface area contributed by atoms with Gasteiger partial charge in [0.1, 0.15) is 0 Å². The molecule has 5 heteroatoms. The third-order valence-electron chi connectivity index (χ3n) is 5.42. The summed E-state index contributed by atoms with van der Waals surface area (Å²) in [5.41, 5.74) is 2.91. The molecule has 1 aromatic carbocycles. The van der Waals surface area contributed by atoms with Crippen LogP contribution in [0.1, 0.15) is 44.9 Å². The Kier molecular flexibility index (Phi) is 4.50. The van der Waals surface area contributed by atoms with Crippen molar-refractivity contribution >= 4 is 5.91 Å². The van der Waals surface area contributed by atoms with Crippen LogP contribution >= 0.6 is 0 Å². The van der Waals surface area contributed by atoms with Crippen LogP contribution in [0.25, 0.3) is 11.4 Å². The minimum absolute atomic E-state index is 0.00351. The van der Waals surface area contributed by atoms with Crippen LogP contribution < -0.4 is 0 Å². The predicted octanol–water partition coefficient (Wildman–Crippen LogP) is 3.58. The molecule has 3 heterocycles. The SMILES string of the molecule is CC(C)(C)CC(=O)N1CC[C@@]2(COCc3cnc(-c4ccccc4)nc32)C1. The molecule has 1 fully saturated rings. The molecule has 27 heavy (non-hydrogen) atoms. The van der Waals surface area contributed by atoms with Crippen LogP contribution in [0, 0.1) is 5.41 Å². The highest BCUT2D eigenvalue weighted by Gasteiger charge is 2.46. The van der Waals surface area contributed by atoms with Gasteiger partial charge in [-0.1, -0.05) is 51.1 Å². The third kappa shape index (κ3) is 3.61. The normalized spacial score (nSPS) is 22.1. The number of hydrogen-bond donors (Lipinski definition) is 0. The molecular weight excluding hydrogens is 338 g/mol. The lowest BCUT2D eigenvalue weighted by Gasteiger charge is -2.34. The van der Waals surface area contributed by atoms with Gasteiger partial charge in [-0.3, -0.25) is 4.79 Å². The van der Waals surface area contributed by atoms with E-state index >= 15 is 0 Å². The molecule has 0 radical (unpaired) electrons. The standard InChI is InChI=1S/C22H27N3O2/c1-21(2,3)11-18(26)25-10-9-22(14-25)15-27-13-17-12-23-20(24-19(17)22)16-7-5-4-6-8-16/h4-8,12H,9-11,13-15H2,1-3H3/t22-/m0/s1. The number of amides is 1. The van der Waals surface area contributed by atoms with Gasteiger partial charge >= 0.3 is 0 Å². The molecule has 2 aliphatic rings. The van der Waals surface area contributed by atoms with E-state index in [1.54, 1.807) is 0 Å². The molecule has 2 aromatic rings. The van der Waals surface area contributed by atoms with E-state index in [-0.39, 0.29) is 16.7 Å². The van der Waals surface area contributed by atoms with Crippen molar-refractivity contribution in [3.05, 3.63) is 47.8 Å². The molecule has 0 N–H and O–H groups in total. The van der Waals surface area contributed by atoms with Gasteiger partial charge in [0, 0.05) is 36.8 Å². The van der Waals surface area contributed by atoms with Crippen LogP contribution in [-0.4, -0.2) is 40.5 Å². The number of ether oxygens (including phenoxy) is 1. The number of rotatable bonds is 2. The Balaban J connectivity index is 1.64. The molecule has 2 aliphatic heterocycles. The Hall–Kier alpha value is -2.27. The predicted molar refractivity (Wildman–Crippen MR) is 104 cm³/mol. The summed E-state index contributed by atoms with van der Waals surface area (Å²) in [6, 6.07) is 10.1. The van der Waals surface area contributed by atoms with E-state index < -0.39 is 0 Å². The number of nitrogens with zero attached hydrogens (tertiary/aromatic N) is 3. The highest BCUT2D eigenvalue weighted by atomic mass is 16.5. The Morgan fingerprint density at radius 3 is 2.78 bits per heavy atom. The summed E-state index contributed by atoms with van der Waals surface area (Å²) >= 11 is 0. The first-order chi connectivity index (χ1) is 12.9. The van der Waals surface area contributed by atoms with E-state index in [1.165, 1.54) is 0 Å². The Morgan fingerprint density at radius 2 is 2.04 bits per heavy atom. The maximum absolute atomic E-state index is 12.7. The smallest absolute Gasteiger partial charge is 0.223 e. The highest BCUT2D eigenvalue weighted by molar-refractivity contribution is 5.77. The number of benzene rings is 1. The maximum atomic E-state index is 12.7. The third-order valence-corrected chi connectivity index (χ3v) is 5.42. The fraction of sp³-hybridized carbons (Fsp3) is 0.500. The van der Waals surface area contributed by atoms with E-state index in [0.717, 1.165) is 35.6 Å². The lowest BCUT2D eigenvalue weighted by Crippen LogP contribution is -2.42. The van der Waals surface area contributed by atoms with Crippen molar-refractivity contribution in [2.45, 2.75) is 45.6 Å². The largest absolute Gasteiger partial charge is 0.376 e. The van der Waals surface area contributed by atoms with Crippen LogP contribution in [0.4, 0.5) is 0 Å². The summed E-state index contributed by atoms with van der Waals surface area (Å²) in [4.78, 5) is 24.2. The van der Waals surface area contributed by atoms with E-state index in [4.69, 9.17) is 9.72 Å². The van der Waals surface area contributed by atoms with Crippen molar-refractivity contribution in [2.75, 3.05) is 19.7 Å². The van der Waals surface area contributed by atoms with Gasteiger partial charge in [-0.25, -0.2) is 9.97 Å². The monoisotopic (exact) mass is 365 g/mol. The lowest BCUT2D eigenvalue weighted by molar-refractivity contribution is -0.132. The molecule has 0 unspecified atom stereocenters. The van der Waals surface area contributed by atoms with Crippen LogP contribution in [0.5, 0.6) is 0 Å². The number of carbonyl (C=O) groups is 1. The fourth-order valence-corrected chi connectivity index (χ4v) is 4.08. The highest BCUT2D eigenvalue weighted by Crippen LogP contribution is 2.40. The minimum Gasteiger partial charge on any atom is -0.376 e. The number of carbonyl (C=O) groups excluding carboxylic acids is 1. The molecule has 1 spiro atoms. The molecule has 0 saturated carbocycles. The molecule has 1 atom stereocenters. The van der Waals surface area contributed by atoms with E-state index in [1.807, 2.05) is 41.4 Å². The molecule has 0 bridgehead atoms. The van der Waals surface area contributed by atoms with Crippen molar-refractivity contribution in [3.63, 3.8) is 0 Å². The van der Waals surface area contributed by atoms with Gasteiger partial charge in [0.2, 0.25) is 5.91 Å². The van der Waals surface area contributed by atoms with Crippen LogP contribution in [0.15, 0.2) is 36.5 Å². The van der Waals surface area contributed by atoms with Gasteiger partial charge in [-0.2, -0.15) is 0 Å². The zero-order valence-corrected chi connectivity index (χ0v) is 16.4. The number of fused-ring (bicyclic) bond motifs is 2. The van der Waals surface area contributed by atoms with Crippen molar-refractivity contribution < 1.29 is 9.53 Å². The molecule has 4 rings (SSSR count). The molecule has 1 amide bonds. The summed E-state index contributed by atoms with van der Waals surface area (Å²) in [6.07, 6.45) is 3.35. The van der Waals surface area contributed by atoms with Crippen molar-refractivity contribution in [2.24, 2.45) is 5.41 Å². The first-order valence-corrected chi connectivity index (χ1v) is 9.64. The van der Waals surface area contributed by atoms with E-state index in [2.05, 4.69) is 25.8 Å². The zero-order valence-electron chi connectivity index (χ0n) is 16.4. The Labute approximate surface area is 160 Å². The summed E-state index contributed by atoms with van der Waals surface area (Å²) in [5, 5.41) is 0. The summed E-state index contributed by atoms with van der Waals surface area (Å²) < 4.78 is 5.89. The van der Waals surface area contributed by atoms with E-state index in [0.29, 0.717) is 26.2 Å². The molecule has 5 nitrogen and oxygen atoms in total. The van der Waals surface area contributed by atoms with E-state index in [9.17, 15) is 4.79 Å². The van der Waals surface area contributed by atoms with Gasteiger partial charge in [0.15, 0.2) is 5.82 Å². The minimum atomic E-state index is -0.215. The fourth-order valence-electron chi connectivity index (χ4n) is 4.08. The van der Waals surface area contributed by atoms with Gasteiger partial charge in [0.25, 0.3) is 0 Å². The van der Waals surface area contributed by atoms with Gasteiger partial charge in [0.05, 0.1) is 24.3 Å². The Morgan fingerprint density at radius 1 is 1.26 bits per heavy atom. The first kappa shape index (κ1) is 18.1. The van der Waals surface area contributed by atoms with Crippen molar-refractivity contribution in [1.29, 1.82) is 0 Å². The van der Waals surface area contributed by atoms with Crippen molar-refractivity contribution in [3.8, 4) is 11.4 Å². The van der Waals surface area contributed by atoms with Crippen LogP contribution in [0.2, 0.25) is 0 Å². The second kappa shape index (κ2) is 6.71. The maximum Gasteiger partial charge on any atom is 0.223 e. The van der Waals surface area contributed by atoms with Crippen molar-refractivity contribution in [1.82, 2.24) is 14.9 Å². The number of aromatic nitrogens is 2. The van der Waals surface area contributed by atoms with Gasteiger partial charge in [-0.05, 0) is 11.8 Å². The molecular formula is C22H27N3O2. The molecule has 142 valence electrons. The molecule has 0 aliphatic carbocycles. The van der Waals surface area contributed by atoms with Gasteiger partial charge < -0.3 is 9.64 Å². The van der Waals surface area contributed by atoms with Crippen LogP contribution in [-0.2, 0) is 21.6 Å². The Bertz CT molecular complexity index is 844. The second-order valence-electron chi connectivity index (χ2n) is 9.01. The first-order valence-electron chi connectivity index (χ1n) is 9.64. The number of hydrogen-bond acceptors (Lipinski definition) is 4. The summed E-state index contributed by atoms with van der Waals surface area (Å²) in [6.45, 7) is 8.93. The zero-order chi connectivity index (χ0) is 19.1. The summed E-state index contributed by atoms with van der Waals surface area (Å²) in [7, 11) is 0. The quantitative estimate of drug-likeness (QED) is 0.816. The number of likely N-dealkylation sites (tertiary alicyclic amines) is 1. The second-order valence-corrected chi connectivity index (χ2v) is 9.01. The summed E-state index contributed by atoms with van der Waals surface area (Å²) in [5.74, 6) is 0.971. The van der Waals surface area contributed by atoms with Crippen LogP contribution in [0.3, 0.4) is 0 Å². The topological polar surface area (TPSA) is 55.3 Å². The molecule has 1 aromatic heterocycles. The van der Waals surface area contributed by atoms with Gasteiger partial charge in [-0.15, -0.1) is 0 Å².